The fourth-order valence-electron chi connectivity index (χ4n) is 4.02. The lowest BCUT2D eigenvalue weighted by Gasteiger charge is -2.25. The number of alkyl carbamates (subject to hydrolysis) is 1. The third-order valence-corrected chi connectivity index (χ3v) is 5.31. The Balaban J connectivity index is 1.54. The number of hydrogen-bond donors (Lipinski definition) is 1. The maximum atomic E-state index is 13.9. The van der Waals surface area contributed by atoms with Crippen molar-refractivity contribution < 1.29 is 27.4 Å². The number of amides is 1. The normalized spacial score (nSPS) is 15.6. The van der Waals surface area contributed by atoms with Gasteiger partial charge in [-0.05, 0) is 81.8 Å². The molecule has 0 saturated heterocycles. The average molecular weight is 489 g/mol. The van der Waals surface area contributed by atoms with Gasteiger partial charge in [-0.25, -0.2) is 14.2 Å². The molecular weight excluding hydrogens is 463 g/mol. The van der Waals surface area contributed by atoms with Crippen molar-refractivity contribution in [3.8, 4) is 11.6 Å². The van der Waals surface area contributed by atoms with Crippen molar-refractivity contribution in [3.63, 3.8) is 0 Å². The molecule has 1 aliphatic rings. The predicted octanol–water partition coefficient (Wildman–Crippen LogP) is 4.90. The molecule has 11 heteroatoms. The van der Waals surface area contributed by atoms with Crippen LogP contribution in [0.4, 0.5) is 18.0 Å². The molecule has 1 amide bonds. The van der Waals surface area contributed by atoms with E-state index in [1.807, 2.05) is 0 Å². The fourth-order valence-corrected chi connectivity index (χ4v) is 4.02. The van der Waals surface area contributed by atoms with Crippen molar-refractivity contribution in [3.05, 3.63) is 64.9 Å². The van der Waals surface area contributed by atoms with E-state index in [9.17, 15) is 18.0 Å². The Morgan fingerprint density at radius 3 is 2.77 bits per heavy atom. The Kier molecular flexibility index (Phi) is 6.95. The van der Waals surface area contributed by atoms with Crippen molar-refractivity contribution in [2.24, 2.45) is 0 Å². The van der Waals surface area contributed by atoms with E-state index in [0.29, 0.717) is 29.9 Å². The maximum Gasteiger partial charge on any atom is 0.408 e. The molecule has 0 spiro atoms. The zero-order chi connectivity index (χ0) is 25.2. The summed E-state index contributed by atoms with van der Waals surface area (Å²) in [6.45, 7) is 2.35. The summed E-state index contributed by atoms with van der Waals surface area (Å²) >= 11 is 0. The van der Waals surface area contributed by atoms with E-state index in [1.54, 1.807) is 43.8 Å². The quantitative estimate of drug-likeness (QED) is 0.530. The van der Waals surface area contributed by atoms with E-state index < -0.39 is 24.1 Å². The van der Waals surface area contributed by atoms with Gasteiger partial charge < -0.3 is 14.8 Å². The molecule has 3 aromatic rings. The van der Waals surface area contributed by atoms with Crippen LogP contribution in [-0.2, 0) is 17.6 Å². The second kappa shape index (κ2) is 9.93. The number of nitrogens with one attached hydrogen (secondary N) is 1. The van der Waals surface area contributed by atoms with Gasteiger partial charge in [0, 0.05) is 12.3 Å². The topological polar surface area (TPSA) is 91.2 Å². The monoisotopic (exact) mass is 489 g/mol. The van der Waals surface area contributed by atoms with Gasteiger partial charge in [0.15, 0.2) is 5.82 Å². The number of aromatic nitrogens is 4. The van der Waals surface area contributed by atoms with E-state index in [-0.39, 0.29) is 18.2 Å². The van der Waals surface area contributed by atoms with Crippen LogP contribution in [-0.4, -0.2) is 38.3 Å². The Morgan fingerprint density at radius 2 is 2.03 bits per heavy atom. The largest absolute Gasteiger partial charge is 0.444 e. The number of nitrogens with zero attached hydrogens (tertiary/aromatic N) is 4. The molecule has 4 rings (SSSR count). The zero-order valence-electron chi connectivity index (χ0n) is 19.6. The van der Waals surface area contributed by atoms with Crippen molar-refractivity contribution >= 4 is 6.09 Å². The van der Waals surface area contributed by atoms with E-state index in [0.717, 1.165) is 23.7 Å². The Labute approximate surface area is 200 Å². The number of ether oxygens (including phenoxy) is 2. The molecule has 186 valence electrons. The molecule has 8 nitrogen and oxygen atoms in total. The minimum atomic E-state index is -3.04. The van der Waals surface area contributed by atoms with Crippen molar-refractivity contribution in [1.29, 1.82) is 0 Å². The summed E-state index contributed by atoms with van der Waals surface area (Å²) in [5.74, 6) is -0.394. The summed E-state index contributed by atoms with van der Waals surface area (Å²) in [6, 6.07) is 6.75. The highest BCUT2D eigenvalue weighted by molar-refractivity contribution is 5.68. The molecular formula is C24H26F3N5O3. The second-order valence-corrected chi connectivity index (χ2v) is 9.30. The van der Waals surface area contributed by atoms with Crippen molar-refractivity contribution in [2.45, 2.75) is 64.7 Å². The number of pyridine rings is 1. The molecule has 2 heterocycles. The molecule has 1 N–H and O–H groups in total. The number of carbonyl (C=O) groups excluding carboxylic acids is 1. The Bertz CT molecular complexity index is 1210. The fraction of sp³-hybridized carbons (Fsp3) is 0.417. The third kappa shape index (κ3) is 6.28. The standard InChI is InChI=1S/C24H26F3N5O3/c1-24(2,3)35-23(33)29-18-5-4-6-19-21(18)30-31-32(19)20-12-14(7-8-28-20)9-15-10-16(25)13-17(11-15)34-22(26)27/h7-8,10-13,18,22H,4-6,9H2,1-3H3,(H,29,33). The van der Waals surface area contributed by atoms with Crippen LogP contribution >= 0.6 is 0 Å². The number of carbonyl (C=O) groups is 1. The van der Waals surface area contributed by atoms with E-state index in [4.69, 9.17) is 4.74 Å². The number of fused-ring (bicyclic) bond motifs is 1. The molecule has 1 aliphatic carbocycles. The molecule has 1 atom stereocenters. The molecule has 0 fully saturated rings. The SMILES string of the molecule is CC(C)(C)OC(=O)NC1CCCc2c1nnn2-c1cc(Cc2cc(F)cc(OC(F)F)c2)ccn1. The van der Waals surface area contributed by atoms with Crippen LogP contribution in [0.1, 0.15) is 62.2 Å². The summed E-state index contributed by atoms with van der Waals surface area (Å²) in [4.78, 5) is 16.7. The first kappa shape index (κ1) is 24.5. The number of halogens is 3. The molecule has 0 aliphatic heterocycles. The van der Waals surface area contributed by atoms with Gasteiger partial charge in [0.1, 0.15) is 22.9 Å². The second-order valence-electron chi connectivity index (χ2n) is 9.30. The minimum Gasteiger partial charge on any atom is -0.444 e. The van der Waals surface area contributed by atoms with Gasteiger partial charge >= 0.3 is 12.7 Å². The lowest BCUT2D eigenvalue weighted by Crippen LogP contribution is -2.36. The average Bonchev–Trinajstić information content (AvgIpc) is 3.17. The van der Waals surface area contributed by atoms with Gasteiger partial charge in [0.2, 0.25) is 0 Å². The molecule has 0 radical (unpaired) electrons. The van der Waals surface area contributed by atoms with Crippen LogP contribution in [0.15, 0.2) is 36.5 Å². The van der Waals surface area contributed by atoms with Crippen LogP contribution in [0.2, 0.25) is 0 Å². The summed E-state index contributed by atoms with van der Waals surface area (Å²) in [6.07, 6.45) is 3.58. The number of rotatable bonds is 6. The van der Waals surface area contributed by atoms with E-state index in [1.165, 1.54) is 12.1 Å². The summed E-state index contributed by atoms with van der Waals surface area (Å²) in [5, 5.41) is 11.4. The van der Waals surface area contributed by atoms with Gasteiger partial charge in [0.25, 0.3) is 0 Å². The molecule has 0 bridgehead atoms. The summed E-state index contributed by atoms with van der Waals surface area (Å²) in [5.41, 5.74) is 2.12. The molecule has 35 heavy (non-hydrogen) atoms. The van der Waals surface area contributed by atoms with E-state index in [2.05, 4.69) is 25.3 Å². The van der Waals surface area contributed by atoms with Crippen LogP contribution in [0.25, 0.3) is 5.82 Å². The lowest BCUT2D eigenvalue weighted by molar-refractivity contribution is -0.0500. The molecule has 2 aromatic heterocycles. The van der Waals surface area contributed by atoms with Crippen LogP contribution in [0.5, 0.6) is 5.75 Å². The van der Waals surface area contributed by atoms with Gasteiger partial charge in [-0.15, -0.1) is 5.10 Å². The number of hydrogen-bond acceptors (Lipinski definition) is 6. The van der Waals surface area contributed by atoms with Gasteiger partial charge in [-0.3, -0.25) is 0 Å². The molecule has 1 unspecified atom stereocenters. The zero-order valence-corrected chi connectivity index (χ0v) is 19.6. The number of benzene rings is 1. The van der Waals surface area contributed by atoms with E-state index >= 15 is 0 Å². The van der Waals surface area contributed by atoms with Crippen LogP contribution in [0, 0.1) is 5.82 Å². The highest BCUT2D eigenvalue weighted by Gasteiger charge is 2.29. The van der Waals surface area contributed by atoms with Crippen LogP contribution in [0.3, 0.4) is 0 Å². The smallest absolute Gasteiger partial charge is 0.408 e. The summed E-state index contributed by atoms with van der Waals surface area (Å²) in [7, 11) is 0. The first-order valence-electron chi connectivity index (χ1n) is 11.2. The Hall–Kier alpha value is -3.63. The van der Waals surface area contributed by atoms with Crippen molar-refractivity contribution in [2.75, 3.05) is 0 Å². The number of alkyl halides is 2. The van der Waals surface area contributed by atoms with Gasteiger partial charge in [0.05, 0.1) is 11.7 Å². The van der Waals surface area contributed by atoms with Crippen LogP contribution < -0.4 is 10.1 Å². The lowest BCUT2D eigenvalue weighted by atomic mass is 9.96. The first-order valence-corrected chi connectivity index (χ1v) is 11.2. The maximum absolute atomic E-state index is 13.9. The Morgan fingerprint density at radius 1 is 1.23 bits per heavy atom. The van der Waals surface area contributed by atoms with Crippen molar-refractivity contribution in [1.82, 2.24) is 25.3 Å². The summed E-state index contributed by atoms with van der Waals surface area (Å²) < 4.78 is 50.3. The van der Waals surface area contributed by atoms with Gasteiger partial charge in [-0.2, -0.15) is 13.5 Å². The van der Waals surface area contributed by atoms with Gasteiger partial charge in [-0.1, -0.05) is 5.21 Å². The third-order valence-electron chi connectivity index (χ3n) is 5.31. The first-order chi connectivity index (χ1) is 16.6. The minimum absolute atomic E-state index is 0.238. The highest BCUT2D eigenvalue weighted by Crippen LogP contribution is 2.30. The highest BCUT2D eigenvalue weighted by atomic mass is 19.3. The molecule has 1 aromatic carbocycles. The predicted molar refractivity (Wildman–Crippen MR) is 120 cm³/mol. The molecule has 0 saturated carbocycles.